The van der Waals surface area contributed by atoms with Gasteiger partial charge in [-0.1, -0.05) is 86.7 Å². The SMILES string of the molecule is CC(C)CCCO[Si](OCC1CC=CCC1)(c1ccccc1)c1ccccc1. The fraction of sp³-hybridized carbons (Fsp3) is 0.440. The monoisotopic (exact) mass is 394 g/mol. The molecule has 3 heteroatoms. The summed E-state index contributed by atoms with van der Waals surface area (Å²) in [6.07, 6.45) is 10.3. The molecule has 1 atom stereocenters. The highest BCUT2D eigenvalue weighted by Crippen LogP contribution is 2.21. The second-order valence-electron chi connectivity index (χ2n) is 8.19. The normalized spacial score (nSPS) is 17.2. The summed E-state index contributed by atoms with van der Waals surface area (Å²) >= 11 is 0. The Kier molecular flexibility index (Phi) is 8.08. The lowest BCUT2D eigenvalue weighted by Crippen LogP contribution is -2.64. The molecular weight excluding hydrogens is 360 g/mol. The molecule has 0 bridgehead atoms. The van der Waals surface area contributed by atoms with Crippen LogP contribution >= 0.6 is 0 Å². The van der Waals surface area contributed by atoms with Crippen molar-refractivity contribution in [1.29, 1.82) is 0 Å². The van der Waals surface area contributed by atoms with E-state index in [1.54, 1.807) is 0 Å². The molecule has 2 nitrogen and oxygen atoms in total. The molecule has 0 saturated carbocycles. The maximum Gasteiger partial charge on any atom is 0.407 e. The fourth-order valence-corrected chi connectivity index (χ4v) is 7.06. The van der Waals surface area contributed by atoms with E-state index >= 15 is 0 Å². The number of benzene rings is 2. The van der Waals surface area contributed by atoms with E-state index in [1.165, 1.54) is 23.2 Å². The molecule has 0 radical (unpaired) electrons. The summed E-state index contributed by atoms with van der Waals surface area (Å²) in [6, 6.07) is 21.3. The third kappa shape index (κ3) is 5.66. The molecule has 0 heterocycles. The van der Waals surface area contributed by atoms with Crippen LogP contribution in [0.4, 0.5) is 0 Å². The van der Waals surface area contributed by atoms with Crippen LogP contribution in [0.25, 0.3) is 0 Å². The van der Waals surface area contributed by atoms with Gasteiger partial charge in [0, 0.05) is 13.2 Å². The quantitative estimate of drug-likeness (QED) is 0.318. The first-order valence-corrected chi connectivity index (χ1v) is 12.6. The lowest BCUT2D eigenvalue weighted by Gasteiger charge is -2.33. The third-order valence-electron chi connectivity index (χ3n) is 5.44. The molecule has 150 valence electrons. The van der Waals surface area contributed by atoms with Gasteiger partial charge in [0.1, 0.15) is 0 Å². The van der Waals surface area contributed by atoms with Gasteiger partial charge in [0.05, 0.1) is 0 Å². The van der Waals surface area contributed by atoms with Crippen molar-refractivity contribution in [3.63, 3.8) is 0 Å². The van der Waals surface area contributed by atoms with E-state index in [2.05, 4.69) is 86.7 Å². The van der Waals surface area contributed by atoms with E-state index in [0.29, 0.717) is 11.8 Å². The summed E-state index contributed by atoms with van der Waals surface area (Å²) in [5.41, 5.74) is 0. The molecule has 0 saturated heterocycles. The molecule has 0 amide bonds. The molecule has 0 aromatic heterocycles. The minimum Gasteiger partial charge on any atom is -0.388 e. The second-order valence-corrected chi connectivity index (χ2v) is 11.2. The fourth-order valence-electron chi connectivity index (χ4n) is 3.81. The van der Waals surface area contributed by atoms with Gasteiger partial charge in [-0.05, 0) is 54.3 Å². The van der Waals surface area contributed by atoms with Gasteiger partial charge in [-0.15, -0.1) is 0 Å². The molecule has 3 rings (SSSR count). The zero-order valence-corrected chi connectivity index (χ0v) is 18.3. The Morgan fingerprint density at radius 2 is 1.54 bits per heavy atom. The van der Waals surface area contributed by atoms with Crippen molar-refractivity contribution in [2.24, 2.45) is 11.8 Å². The van der Waals surface area contributed by atoms with Gasteiger partial charge in [0.2, 0.25) is 0 Å². The second kappa shape index (κ2) is 10.8. The van der Waals surface area contributed by atoms with Gasteiger partial charge in [0.15, 0.2) is 0 Å². The van der Waals surface area contributed by atoms with Gasteiger partial charge in [-0.3, -0.25) is 0 Å². The summed E-state index contributed by atoms with van der Waals surface area (Å²) in [6.45, 7) is 6.06. The molecule has 28 heavy (non-hydrogen) atoms. The van der Waals surface area contributed by atoms with Crippen LogP contribution in [0.1, 0.15) is 46.0 Å². The van der Waals surface area contributed by atoms with E-state index in [9.17, 15) is 0 Å². The smallest absolute Gasteiger partial charge is 0.388 e. The van der Waals surface area contributed by atoms with Crippen molar-refractivity contribution in [3.8, 4) is 0 Å². The van der Waals surface area contributed by atoms with Crippen LogP contribution in [-0.2, 0) is 8.85 Å². The Hall–Kier alpha value is -1.68. The lowest BCUT2D eigenvalue weighted by atomic mass is 9.96. The van der Waals surface area contributed by atoms with Gasteiger partial charge in [-0.25, -0.2) is 0 Å². The highest BCUT2D eigenvalue weighted by Gasteiger charge is 2.43. The molecule has 0 fully saturated rings. The van der Waals surface area contributed by atoms with Crippen LogP contribution in [0, 0.1) is 11.8 Å². The molecule has 2 aromatic rings. The molecular formula is C25H34O2Si. The van der Waals surface area contributed by atoms with E-state index in [0.717, 1.165) is 32.5 Å². The van der Waals surface area contributed by atoms with Crippen LogP contribution in [0.15, 0.2) is 72.8 Å². The lowest BCUT2D eigenvalue weighted by molar-refractivity contribution is 0.157. The number of allylic oxidation sites excluding steroid dienone is 2. The Morgan fingerprint density at radius 3 is 2.07 bits per heavy atom. The highest BCUT2D eigenvalue weighted by molar-refractivity contribution is 6.92. The Labute approximate surface area is 171 Å². The van der Waals surface area contributed by atoms with Gasteiger partial charge in [-0.2, -0.15) is 0 Å². The maximum atomic E-state index is 6.83. The van der Waals surface area contributed by atoms with E-state index < -0.39 is 8.56 Å². The summed E-state index contributed by atoms with van der Waals surface area (Å²) in [4.78, 5) is 0. The molecule has 1 aliphatic rings. The summed E-state index contributed by atoms with van der Waals surface area (Å²) in [7, 11) is -2.73. The standard InChI is InChI=1S/C25H34O2Si/c1-22(2)13-12-20-26-28(24-16-8-4-9-17-24,25-18-10-5-11-19-25)27-21-23-14-6-3-7-15-23/h3-6,8-11,16-19,22-23H,7,12-15,20-21H2,1-2H3. The molecule has 0 N–H and O–H groups in total. The minimum atomic E-state index is -2.73. The van der Waals surface area contributed by atoms with Crippen LogP contribution in [0.3, 0.4) is 0 Å². The van der Waals surface area contributed by atoms with Gasteiger partial charge in [0.25, 0.3) is 0 Å². The van der Waals surface area contributed by atoms with Gasteiger partial charge < -0.3 is 8.85 Å². The van der Waals surface area contributed by atoms with Crippen LogP contribution in [0.2, 0.25) is 0 Å². The van der Waals surface area contributed by atoms with Gasteiger partial charge >= 0.3 is 8.56 Å². The average molecular weight is 395 g/mol. The minimum absolute atomic E-state index is 0.587. The summed E-state index contributed by atoms with van der Waals surface area (Å²) < 4.78 is 13.6. The van der Waals surface area contributed by atoms with Crippen LogP contribution < -0.4 is 10.4 Å². The predicted molar refractivity (Wildman–Crippen MR) is 120 cm³/mol. The average Bonchev–Trinajstić information content (AvgIpc) is 2.75. The number of hydrogen-bond acceptors (Lipinski definition) is 2. The van der Waals surface area contributed by atoms with Crippen molar-refractivity contribution in [1.82, 2.24) is 0 Å². The highest BCUT2D eigenvalue weighted by atomic mass is 28.4. The topological polar surface area (TPSA) is 18.5 Å². The van der Waals surface area contributed by atoms with Crippen LogP contribution in [0.5, 0.6) is 0 Å². The van der Waals surface area contributed by atoms with E-state index in [4.69, 9.17) is 8.85 Å². The molecule has 1 unspecified atom stereocenters. The molecule has 2 aromatic carbocycles. The third-order valence-corrected chi connectivity index (χ3v) is 8.81. The Balaban J connectivity index is 1.87. The maximum absolute atomic E-state index is 6.83. The molecule has 0 spiro atoms. The van der Waals surface area contributed by atoms with Crippen molar-refractivity contribution in [2.45, 2.75) is 46.0 Å². The van der Waals surface area contributed by atoms with Crippen molar-refractivity contribution < 1.29 is 8.85 Å². The Morgan fingerprint density at radius 1 is 0.893 bits per heavy atom. The first-order valence-electron chi connectivity index (χ1n) is 10.7. The zero-order chi connectivity index (χ0) is 19.7. The zero-order valence-electron chi connectivity index (χ0n) is 17.3. The van der Waals surface area contributed by atoms with E-state index in [1.807, 2.05) is 0 Å². The Bertz CT molecular complexity index is 672. The summed E-state index contributed by atoms with van der Waals surface area (Å²) in [5.74, 6) is 1.28. The largest absolute Gasteiger partial charge is 0.407 e. The van der Waals surface area contributed by atoms with E-state index in [-0.39, 0.29) is 0 Å². The van der Waals surface area contributed by atoms with Crippen molar-refractivity contribution in [2.75, 3.05) is 13.2 Å². The number of rotatable bonds is 10. The van der Waals surface area contributed by atoms with Crippen LogP contribution in [-0.4, -0.2) is 21.8 Å². The predicted octanol–water partition coefficient (Wildman–Crippen LogP) is 5.07. The first kappa shape index (κ1) is 21.0. The molecule has 1 aliphatic carbocycles. The number of hydrogen-bond donors (Lipinski definition) is 0. The van der Waals surface area contributed by atoms with Crippen molar-refractivity contribution >= 4 is 18.9 Å². The van der Waals surface area contributed by atoms with Crippen molar-refractivity contribution in [3.05, 3.63) is 72.8 Å². The molecule has 0 aliphatic heterocycles. The summed E-state index contributed by atoms with van der Waals surface area (Å²) in [5, 5.41) is 2.41. The first-order chi connectivity index (χ1) is 13.7.